The second-order valence-corrected chi connectivity index (χ2v) is 8.92. The zero-order valence-electron chi connectivity index (χ0n) is 20.5. The molecule has 0 aromatic carbocycles. The summed E-state index contributed by atoms with van der Waals surface area (Å²) in [5, 5.41) is 39.6. The fraction of sp³-hybridized carbons (Fsp3) is 0.667. The summed E-state index contributed by atoms with van der Waals surface area (Å²) in [6.07, 6.45) is -2.09. The largest absolute Gasteiger partial charge is 0.481 e. The van der Waals surface area contributed by atoms with E-state index in [2.05, 4.69) is 26.6 Å². The van der Waals surface area contributed by atoms with Crippen molar-refractivity contribution in [1.82, 2.24) is 26.6 Å². The number of carbonyl (C=O) groups excluding carboxylic acids is 5. The second kappa shape index (κ2) is 14.7. The topological polar surface area (TPSA) is 266 Å². The zero-order valence-corrected chi connectivity index (χ0v) is 20.5. The van der Waals surface area contributed by atoms with Crippen LogP contribution in [0.3, 0.4) is 0 Å². The van der Waals surface area contributed by atoms with Crippen LogP contribution in [0.25, 0.3) is 0 Å². The number of amides is 5. The molecule has 16 heteroatoms. The number of carboxylic acid groups (broad SMARTS) is 2. The number of rotatable bonds is 15. The van der Waals surface area contributed by atoms with Crippen molar-refractivity contribution >= 4 is 41.5 Å². The highest BCUT2D eigenvalue weighted by Crippen LogP contribution is 2.07. The molecule has 1 fully saturated rings. The highest BCUT2D eigenvalue weighted by molar-refractivity contribution is 5.96. The first-order valence-corrected chi connectivity index (χ1v) is 11.5. The van der Waals surface area contributed by atoms with Crippen molar-refractivity contribution in [2.75, 3.05) is 13.1 Å². The smallest absolute Gasteiger partial charge is 0.326 e. The van der Waals surface area contributed by atoms with Crippen LogP contribution < -0.4 is 32.3 Å². The molecule has 10 N–H and O–H groups in total. The first-order valence-electron chi connectivity index (χ1n) is 11.5. The van der Waals surface area contributed by atoms with E-state index in [1.165, 1.54) is 13.8 Å². The third-order valence-corrected chi connectivity index (χ3v) is 5.42. The van der Waals surface area contributed by atoms with Gasteiger partial charge in [-0.25, -0.2) is 4.79 Å². The molecule has 0 aromatic rings. The van der Waals surface area contributed by atoms with E-state index in [0.717, 1.165) is 0 Å². The molecule has 0 radical (unpaired) electrons. The van der Waals surface area contributed by atoms with E-state index in [0.29, 0.717) is 0 Å². The molecule has 1 heterocycles. The van der Waals surface area contributed by atoms with E-state index in [-0.39, 0.29) is 25.8 Å². The summed E-state index contributed by atoms with van der Waals surface area (Å²) in [7, 11) is 0. The molecule has 5 amide bonds. The number of β-amino-alcohol motifs (C(OH)–C–C–N with tert-alkyl or cyclic N) is 1. The van der Waals surface area contributed by atoms with E-state index in [1.54, 1.807) is 0 Å². The zero-order chi connectivity index (χ0) is 28.3. The quantitative estimate of drug-likeness (QED) is 0.0978. The number of nitrogens with two attached hydrogens (primary N) is 1. The van der Waals surface area contributed by atoms with Crippen molar-refractivity contribution in [3.05, 3.63) is 0 Å². The minimum atomic E-state index is -1.70. The number of aliphatic hydroxyl groups excluding tert-OH is 1. The van der Waals surface area contributed by atoms with Crippen LogP contribution in [0.1, 0.15) is 39.5 Å². The van der Waals surface area contributed by atoms with Crippen molar-refractivity contribution in [3.63, 3.8) is 0 Å². The number of carboxylic acids is 2. The Morgan fingerprint density at radius 3 is 2.08 bits per heavy atom. The molecule has 1 aliphatic rings. The van der Waals surface area contributed by atoms with Gasteiger partial charge in [0.1, 0.15) is 18.1 Å². The van der Waals surface area contributed by atoms with Crippen LogP contribution in [0.4, 0.5) is 0 Å². The molecule has 0 aromatic heterocycles. The summed E-state index contributed by atoms with van der Waals surface area (Å²) in [5.74, 6) is -7.67. The third-order valence-electron chi connectivity index (χ3n) is 5.42. The summed E-state index contributed by atoms with van der Waals surface area (Å²) in [5.41, 5.74) is 5.11. The molecule has 0 spiro atoms. The van der Waals surface area contributed by atoms with Gasteiger partial charge in [-0.3, -0.25) is 28.8 Å². The molecular formula is C21H34N6O10. The van der Waals surface area contributed by atoms with Gasteiger partial charge in [-0.05, 0) is 18.8 Å². The maximum absolute atomic E-state index is 12.8. The molecule has 0 bridgehead atoms. The normalized spacial score (nSPS) is 19.2. The lowest BCUT2D eigenvalue weighted by molar-refractivity contribution is -0.144. The molecule has 0 unspecified atom stereocenters. The Bertz CT molecular complexity index is 895. The monoisotopic (exact) mass is 530 g/mol. The Morgan fingerprint density at radius 1 is 0.973 bits per heavy atom. The molecule has 1 saturated heterocycles. The Balaban J connectivity index is 2.88. The predicted octanol–water partition coefficient (Wildman–Crippen LogP) is -4.24. The van der Waals surface area contributed by atoms with Crippen LogP contribution >= 0.6 is 0 Å². The average molecular weight is 531 g/mol. The number of primary amides is 1. The van der Waals surface area contributed by atoms with Gasteiger partial charge in [0.05, 0.1) is 25.1 Å². The van der Waals surface area contributed by atoms with Gasteiger partial charge in [0.2, 0.25) is 29.5 Å². The lowest BCUT2D eigenvalue weighted by Gasteiger charge is -2.24. The highest BCUT2D eigenvalue weighted by atomic mass is 16.4. The van der Waals surface area contributed by atoms with E-state index in [4.69, 9.17) is 10.8 Å². The Morgan fingerprint density at radius 2 is 1.59 bits per heavy atom. The standard InChI is InChI=1S/C21H34N6O10/c1-9(2)17(21(36)37)27-20(35)13(6-16(31)32)26-19(34)11(3-4-14(22)29)25-15(30)8-24-18(33)12-5-10(28)7-23-12/h9-13,17,23,28H,3-8H2,1-2H3,(H2,22,29)(H,24,33)(H,25,30)(H,26,34)(H,27,35)(H,31,32)(H,36,37)/t10-,11+,12+,13+,17+/m1/s1. The number of nitrogens with one attached hydrogen (secondary N) is 5. The molecule has 5 atom stereocenters. The number of aliphatic hydroxyl groups is 1. The molecule has 208 valence electrons. The fourth-order valence-corrected chi connectivity index (χ4v) is 3.43. The molecular weight excluding hydrogens is 496 g/mol. The van der Waals surface area contributed by atoms with Crippen LogP contribution in [0, 0.1) is 5.92 Å². The average Bonchev–Trinajstić information content (AvgIpc) is 3.23. The predicted molar refractivity (Wildman–Crippen MR) is 124 cm³/mol. The van der Waals surface area contributed by atoms with E-state index < -0.39 is 90.6 Å². The third kappa shape index (κ3) is 11.2. The summed E-state index contributed by atoms with van der Waals surface area (Å²) < 4.78 is 0. The number of carbonyl (C=O) groups is 7. The SMILES string of the molecule is CC(C)[C@H](NC(=O)[C@H](CC(=O)O)NC(=O)[C@H](CCC(N)=O)NC(=O)CNC(=O)[C@@H]1C[C@@H](O)CN1)C(=O)O. The first-order chi connectivity index (χ1) is 17.2. The molecule has 16 nitrogen and oxygen atoms in total. The van der Waals surface area contributed by atoms with Crippen molar-refractivity contribution < 1.29 is 48.9 Å². The summed E-state index contributed by atoms with van der Waals surface area (Å²) in [6.45, 7) is 2.70. The molecule has 0 saturated carbocycles. The van der Waals surface area contributed by atoms with Gasteiger partial charge >= 0.3 is 11.9 Å². The number of hydrogen-bond acceptors (Lipinski definition) is 9. The minimum Gasteiger partial charge on any atom is -0.481 e. The Kier molecular flexibility index (Phi) is 12.4. The van der Waals surface area contributed by atoms with Gasteiger partial charge in [0, 0.05) is 13.0 Å². The van der Waals surface area contributed by atoms with Gasteiger partial charge in [-0.15, -0.1) is 0 Å². The van der Waals surface area contributed by atoms with E-state index in [9.17, 15) is 43.8 Å². The lowest BCUT2D eigenvalue weighted by Crippen LogP contribution is -2.57. The summed E-state index contributed by atoms with van der Waals surface area (Å²) in [4.78, 5) is 83.7. The number of aliphatic carboxylic acids is 2. The first kappa shape index (κ1) is 31.2. The van der Waals surface area contributed by atoms with Gasteiger partial charge in [0.15, 0.2) is 0 Å². The fourth-order valence-electron chi connectivity index (χ4n) is 3.43. The Labute approximate surface area is 212 Å². The van der Waals surface area contributed by atoms with Crippen LogP contribution in [-0.2, 0) is 33.6 Å². The van der Waals surface area contributed by atoms with Gasteiger partial charge in [-0.2, -0.15) is 0 Å². The molecule has 0 aliphatic carbocycles. The van der Waals surface area contributed by atoms with Crippen molar-refractivity contribution in [1.29, 1.82) is 0 Å². The maximum Gasteiger partial charge on any atom is 0.326 e. The van der Waals surface area contributed by atoms with Crippen LogP contribution in [0.5, 0.6) is 0 Å². The van der Waals surface area contributed by atoms with Crippen LogP contribution in [-0.4, -0.2) is 100 Å². The molecule has 1 rings (SSSR count). The molecule has 37 heavy (non-hydrogen) atoms. The lowest BCUT2D eigenvalue weighted by atomic mass is 10.0. The van der Waals surface area contributed by atoms with Crippen molar-refractivity contribution in [3.8, 4) is 0 Å². The van der Waals surface area contributed by atoms with Crippen molar-refractivity contribution in [2.24, 2.45) is 11.7 Å². The van der Waals surface area contributed by atoms with Gasteiger partial charge < -0.3 is 47.6 Å². The van der Waals surface area contributed by atoms with Crippen LogP contribution in [0.15, 0.2) is 0 Å². The van der Waals surface area contributed by atoms with Gasteiger partial charge in [-0.1, -0.05) is 13.8 Å². The van der Waals surface area contributed by atoms with E-state index in [1.807, 2.05) is 0 Å². The number of hydrogen-bond donors (Lipinski definition) is 9. The molecule has 1 aliphatic heterocycles. The van der Waals surface area contributed by atoms with Crippen LogP contribution in [0.2, 0.25) is 0 Å². The minimum absolute atomic E-state index is 0.156. The summed E-state index contributed by atoms with van der Waals surface area (Å²) >= 11 is 0. The summed E-state index contributed by atoms with van der Waals surface area (Å²) in [6, 6.07) is -5.19. The second-order valence-electron chi connectivity index (χ2n) is 8.92. The highest BCUT2D eigenvalue weighted by Gasteiger charge is 2.32. The van der Waals surface area contributed by atoms with E-state index >= 15 is 0 Å². The Hall–Kier alpha value is -3.79. The van der Waals surface area contributed by atoms with Gasteiger partial charge in [0.25, 0.3) is 0 Å². The maximum atomic E-state index is 12.8. The van der Waals surface area contributed by atoms with Crippen molar-refractivity contribution in [2.45, 2.75) is 69.8 Å².